The van der Waals surface area contributed by atoms with E-state index >= 15 is 0 Å². The van der Waals surface area contributed by atoms with Crippen LogP contribution in [-0.2, 0) is 16.1 Å². The Morgan fingerprint density at radius 1 is 1.32 bits per heavy atom. The molecule has 3 rings (SSSR count). The first kappa shape index (κ1) is 16.0. The van der Waals surface area contributed by atoms with Crippen LogP contribution in [0.2, 0.25) is 0 Å². The summed E-state index contributed by atoms with van der Waals surface area (Å²) in [6, 6.07) is 4.23. The Labute approximate surface area is 137 Å². The molecule has 0 aliphatic carbocycles. The number of likely N-dealkylation sites (tertiary alicyclic amines) is 1. The predicted molar refractivity (Wildman–Crippen MR) is 89.0 cm³/mol. The van der Waals surface area contributed by atoms with E-state index in [4.69, 9.17) is 4.74 Å². The van der Waals surface area contributed by atoms with E-state index in [1.54, 1.807) is 11.3 Å². The minimum absolute atomic E-state index is 0.286. The van der Waals surface area contributed by atoms with Gasteiger partial charge in [-0.25, -0.2) is 0 Å². The van der Waals surface area contributed by atoms with Crippen LogP contribution in [0.25, 0.3) is 0 Å². The molecule has 1 atom stereocenters. The molecule has 3 heterocycles. The first-order valence-electron chi connectivity index (χ1n) is 8.45. The van der Waals surface area contributed by atoms with Gasteiger partial charge in [0.1, 0.15) is 0 Å². The largest absolute Gasteiger partial charge is 0.377 e. The van der Waals surface area contributed by atoms with Gasteiger partial charge in [0.05, 0.1) is 12.6 Å². The van der Waals surface area contributed by atoms with Crippen molar-refractivity contribution in [2.45, 2.75) is 44.8 Å². The fourth-order valence-corrected chi connectivity index (χ4v) is 4.07. The third-order valence-corrected chi connectivity index (χ3v) is 5.37. The molecule has 0 spiro atoms. The van der Waals surface area contributed by atoms with Gasteiger partial charge in [0.2, 0.25) is 5.91 Å². The second kappa shape index (κ2) is 8.09. The molecule has 1 aromatic heterocycles. The predicted octanol–water partition coefficient (Wildman–Crippen LogP) is 2.74. The lowest BCUT2D eigenvalue weighted by Crippen LogP contribution is -2.44. The van der Waals surface area contributed by atoms with E-state index in [1.807, 2.05) is 4.90 Å². The second-order valence-electron chi connectivity index (χ2n) is 6.33. The highest BCUT2D eigenvalue weighted by atomic mass is 32.1. The zero-order valence-electron chi connectivity index (χ0n) is 13.2. The fraction of sp³-hybridized carbons (Fsp3) is 0.706. The van der Waals surface area contributed by atoms with E-state index in [-0.39, 0.29) is 5.91 Å². The third kappa shape index (κ3) is 4.54. The molecule has 0 bridgehead atoms. The summed E-state index contributed by atoms with van der Waals surface area (Å²) in [5, 5.41) is 2.10. The van der Waals surface area contributed by atoms with Crippen molar-refractivity contribution in [3.05, 3.63) is 22.4 Å². The number of carbonyl (C=O) groups excluding carboxylic acids is 1. The van der Waals surface area contributed by atoms with E-state index in [1.165, 1.54) is 11.3 Å². The van der Waals surface area contributed by atoms with E-state index in [0.717, 1.165) is 58.5 Å². The summed E-state index contributed by atoms with van der Waals surface area (Å²) >= 11 is 1.76. The molecule has 22 heavy (non-hydrogen) atoms. The van der Waals surface area contributed by atoms with Crippen LogP contribution < -0.4 is 0 Å². The average molecular weight is 322 g/mol. The maximum Gasteiger partial charge on any atom is 0.236 e. The van der Waals surface area contributed by atoms with Gasteiger partial charge in [0.15, 0.2) is 0 Å². The molecular weight excluding hydrogens is 296 g/mol. The molecule has 5 heteroatoms. The molecule has 2 aliphatic rings. The number of ether oxygens (including phenoxy) is 1. The number of hydrogen-bond acceptors (Lipinski definition) is 4. The van der Waals surface area contributed by atoms with Crippen molar-refractivity contribution in [3.8, 4) is 0 Å². The number of rotatable bonds is 6. The maximum absolute atomic E-state index is 12.6. The summed E-state index contributed by atoms with van der Waals surface area (Å²) in [7, 11) is 0. The summed E-state index contributed by atoms with van der Waals surface area (Å²) in [6.07, 6.45) is 6.15. The number of hydrogen-bond donors (Lipinski definition) is 0. The molecular formula is C17H26N2O2S. The van der Waals surface area contributed by atoms with Crippen LogP contribution in [0.3, 0.4) is 0 Å². The molecule has 2 fully saturated rings. The highest BCUT2D eigenvalue weighted by Gasteiger charge is 2.24. The van der Waals surface area contributed by atoms with Crippen molar-refractivity contribution in [3.63, 3.8) is 0 Å². The van der Waals surface area contributed by atoms with Crippen LogP contribution >= 0.6 is 11.3 Å². The summed E-state index contributed by atoms with van der Waals surface area (Å²) in [5.74, 6) is 0.286. The zero-order valence-corrected chi connectivity index (χ0v) is 14.0. The first-order valence-corrected chi connectivity index (χ1v) is 9.33. The van der Waals surface area contributed by atoms with Gasteiger partial charge in [-0.3, -0.25) is 9.69 Å². The molecule has 4 nitrogen and oxygen atoms in total. The van der Waals surface area contributed by atoms with Gasteiger partial charge in [-0.1, -0.05) is 6.07 Å². The number of piperidine rings is 1. The second-order valence-corrected chi connectivity index (χ2v) is 7.36. The van der Waals surface area contributed by atoms with Crippen molar-refractivity contribution in [1.29, 1.82) is 0 Å². The zero-order chi connectivity index (χ0) is 15.2. The van der Waals surface area contributed by atoms with Crippen LogP contribution in [0.5, 0.6) is 0 Å². The first-order chi connectivity index (χ1) is 10.8. The van der Waals surface area contributed by atoms with Gasteiger partial charge in [0.25, 0.3) is 0 Å². The summed E-state index contributed by atoms with van der Waals surface area (Å²) in [6.45, 7) is 5.00. The number of amides is 1. The van der Waals surface area contributed by atoms with Crippen LogP contribution in [0.15, 0.2) is 17.5 Å². The summed E-state index contributed by atoms with van der Waals surface area (Å²) < 4.78 is 5.77. The van der Waals surface area contributed by atoms with Gasteiger partial charge in [-0.15, -0.1) is 11.3 Å². The molecule has 0 N–H and O–H groups in total. The normalized spacial score (nSPS) is 22.4. The topological polar surface area (TPSA) is 32.8 Å². The Morgan fingerprint density at radius 3 is 2.86 bits per heavy atom. The molecule has 1 amide bonds. The maximum atomic E-state index is 12.6. The van der Waals surface area contributed by atoms with Crippen molar-refractivity contribution in [1.82, 2.24) is 9.80 Å². The van der Waals surface area contributed by atoms with Gasteiger partial charge >= 0.3 is 0 Å². The number of carbonyl (C=O) groups is 1. The van der Waals surface area contributed by atoms with E-state index in [2.05, 4.69) is 22.4 Å². The van der Waals surface area contributed by atoms with Crippen molar-refractivity contribution in [2.24, 2.45) is 0 Å². The minimum atomic E-state index is 0.286. The van der Waals surface area contributed by atoms with Gasteiger partial charge < -0.3 is 9.64 Å². The molecule has 1 unspecified atom stereocenters. The van der Waals surface area contributed by atoms with Gasteiger partial charge in [-0.2, -0.15) is 0 Å². The lowest BCUT2D eigenvalue weighted by atomic mass is 10.1. The third-order valence-electron chi connectivity index (χ3n) is 4.51. The SMILES string of the molecule is O=C(CN(Cc1cccs1)CC1CCCO1)N1CCCCC1. The van der Waals surface area contributed by atoms with Crippen LogP contribution in [0, 0.1) is 0 Å². The standard InChI is InChI=1S/C17H26N2O2S/c20-17(19-8-2-1-3-9-19)14-18(12-15-6-4-10-21-15)13-16-7-5-11-22-16/h5,7,11,15H,1-4,6,8-10,12-14H2. The van der Waals surface area contributed by atoms with Crippen molar-refractivity contribution >= 4 is 17.2 Å². The smallest absolute Gasteiger partial charge is 0.236 e. The summed E-state index contributed by atoms with van der Waals surface area (Å²) in [4.78, 5) is 18.2. The number of nitrogens with zero attached hydrogens (tertiary/aromatic N) is 2. The van der Waals surface area contributed by atoms with Gasteiger partial charge in [0, 0.05) is 37.7 Å². The van der Waals surface area contributed by atoms with Gasteiger partial charge in [-0.05, 0) is 43.6 Å². The average Bonchev–Trinajstić information content (AvgIpc) is 3.22. The molecule has 1 aromatic rings. The Kier molecular flexibility index (Phi) is 5.87. The molecule has 2 saturated heterocycles. The lowest BCUT2D eigenvalue weighted by molar-refractivity contribution is -0.133. The van der Waals surface area contributed by atoms with Crippen LogP contribution in [0.1, 0.15) is 37.0 Å². The Hall–Kier alpha value is -0.910. The van der Waals surface area contributed by atoms with Crippen molar-refractivity contribution < 1.29 is 9.53 Å². The quantitative estimate of drug-likeness (QED) is 0.807. The van der Waals surface area contributed by atoms with Crippen LogP contribution in [0.4, 0.5) is 0 Å². The molecule has 122 valence electrons. The minimum Gasteiger partial charge on any atom is -0.377 e. The number of thiophene rings is 1. The monoisotopic (exact) mass is 322 g/mol. The van der Waals surface area contributed by atoms with E-state index < -0.39 is 0 Å². The molecule has 0 radical (unpaired) electrons. The van der Waals surface area contributed by atoms with E-state index in [9.17, 15) is 4.79 Å². The Bertz CT molecular complexity index is 451. The van der Waals surface area contributed by atoms with Crippen LogP contribution in [-0.4, -0.2) is 54.6 Å². The highest BCUT2D eigenvalue weighted by Crippen LogP contribution is 2.18. The lowest BCUT2D eigenvalue weighted by Gasteiger charge is -2.30. The molecule has 0 aromatic carbocycles. The molecule has 0 saturated carbocycles. The summed E-state index contributed by atoms with van der Waals surface area (Å²) in [5.41, 5.74) is 0. The van der Waals surface area contributed by atoms with E-state index in [0.29, 0.717) is 12.6 Å². The fourth-order valence-electron chi connectivity index (χ4n) is 3.32. The Balaban J connectivity index is 1.57. The highest BCUT2D eigenvalue weighted by molar-refractivity contribution is 7.09. The van der Waals surface area contributed by atoms with Crippen molar-refractivity contribution in [2.75, 3.05) is 32.8 Å². The molecule has 2 aliphatic heterocycles. The Morgan fingerprint density at radius 2 is 2.18 bits per heavy atom.